The van der Waals surface area contributed by atoms with E-state index in [1.807, 2.05) is 55.5 Å². The third-order valence-corrected chi connectivity index (χ3v) is 3.92. The molecule has 0 aliphatic carbocycles. The molecular formula is C20H19N3O2. The molecule has 2 aromatic carbocycles. The molecule has 0 aliphatic heterocycles. The smallest absolute Gasteiger partial charge is 0.267 e. The van der Waals surface area contributed by atoms with Crippen molar-refractivity contribution in [3.8, 4) is 11.3 Å². The Morgan fingerprint density at radius 1 is 1.00 bits per heavy atom. The second-order valence-corrected chi connectivity index (χ2v) is 5.65. The Morgan fingerprint density at radius 2 is 1.64 bits per heavy atom. The van der Waals surface area contributed by atoms with E-state index in [0.717, 1.165) is 5.56 Å². The van der Waals surface area contributed by atoms with Crippen LogP contribution in [-0.2, 0) is 4.79 Å². The summed E-state index contributed by atoms with van der Waals surface area (Å²) in [6.45, 7) is 1.86. The first-order valence-electron chi connectivity index (χ1n) is 8.20. The SMILES string of the molecule is CCC(C(=O)Nc1ccccc1)n1nc(-c2ccccc2)ccc1=O. The van der Waals surface area contributed by atoms with Crippen molar-refractivity contribution in [1.82, 2.24) is 9.78 Å². The minimum Gasteiger partial charge on any atom is -0.324 e. The zero-order chi connectivity index (χ0) is 17.6. The number of carbonyl (C=O) groups excluding carboxylic acids is 1. The molecule has 0 saturated carbocycles. The van der Waals surface area contributed by atoms with Crippen molar-refractivity contribution in [3.05, 3.63) is 83.2 Å². The number of rotatable bonds is 5. The highest BCUT2D eigenvalue weighted by Gasteiger charge is 2.21. The maximum Gasteiger partial charge on any atom is 0.267 e. The summed E-state index contributed by atoms with van der Waals surface area (Å²) in [5.41, 5.74) is 1.95. The second kappa shape index (κ2) is 7.57. The summed E-state index contributed by atoms with van der Waals surface area (Å²) in [5, 5.41) is 7.26. The fourth-order valence-electron chi connectivity index (χ4n) is 2.63. The normalized spacial score (nSPS) is 11.7. The van der Waals surface area contributed by atoms with Crippen molar-refractivity contribution in [2.45, 2.75) is 19.4 Å². The lowest BCUT2D eigenvalue weighted by molar-refractivity contribution is -0.119. The van der Waals surface area contributed by atoms with E-state index in [2.05, 4.69) is 10.4 Å². The molecule has 0 aliphatic rings. The highest BCUT2D eigenvalue weighted by Crippen LogP contribution is 2.17. The minimum atomic E-state index is -0.670. The Morgan fingerprint density at radius 3 is 2.28 bits per heavy atom. The van der Waals surface area contributed by atoms with Crippen molar-refractivity contribution in [2.75, 3.05) is 5.32 Å². The summed E-state index contributed by atoms with van der Waals surface area (Å²) in [7, 11) is 0. The average Bonchev–Trinajstić information content (AvgIpc) is 2.65. The monoisotopic (exact) mass is 333 g/mol. The van der Waals surface area contributed by atoms with Crippen molar-refractivity contribution in [1.29, 1.82) is 0 Å². The third kappa shape index (κ3) is 3.83. The van der Waals surface area contributed by atoms with Gasteiger partial charge in [-0.3, -0.25) is 9.59 Å². The number of hydrogen-bond donors (Lipinski definition) is 1. The van der Waals surface area contributed by atoms with Gasteiger partial charge in [0, 0.05) is 17.3 Å². The molecule has 1 N–H and O–H groups in total. The molecule has 1 unspecified atom stereocenters. The van der Waals surface area contributed by atoms with Crippen LogP contribution in [0.5, 0.6) is 0 Å². The number of aromatic nitrogens is 2. The first kappa shape index (κ1) is 16.6. The number of para-hydroxylation sites is 1. The molecule has 5 nitrogen and oxygen atoms in total. The molecule has 5 heteroatoms. The van der Waals surface area contributed by atoms with Crippen molar-refractivity contribution < 1.29 is 4.79 Å². The van der Waals surface area contributed by atoms with Crippen LogP contribution in [0.2, 0.25) is 0 Å². The number of anilines is 1. The summed E-state index contributed by atoms with van der Waals surface area (Å²) < 4.78 is 1.26. The first-order chi connectivity index (χ1) is 12.2. The Kier molecular flexibility index (Phi) is 5.04. The van der Waals surface area contributed by atoms with Crippen LogP contribution in [0.3, 0.4) is 0 Å². The predicted octanol–water partition coefficient (Wildman–Crippen LogP) is 3.50. The van der Waals surface area contributed by atoms with E-state index in [9.17, 15) is 9.59 Å². The van der Waals surface area contributed by atoms with Crippen LogP contribution < -0.4 is 10.9 Å². The van der Waals surface area contributed by atoms with E-state index in [-0.39, 0.29) is 11.5 Å². The number of carbonyl (C=O) groups is 1. The second-order valence-electron chi connectivity index (χ2n) is 5.65. The van der Waals surface area contributed by atoms with E-state index in [4.69, 9.17) is 0 Å². The van der Waals surface area contributed by atoms with Gasteiger partial charge >= 0.3 is 0 Å². The molecule has 1 atom stereocenters. The third-order valence-electron chi connectivity index (χ3n) is 3.92. The standard InChI is InChI=1S/C20H19N3O2/c1-2-18(20(25)21-16-11-7-4-8-12-16)23-19(24)14-13-17(22-23)15-9-5-3-6-10-15/h3-14,18H,2H2,1H3,(H,21,25). The molecule has 0 radical (unpaired) electrons. The van der Waals surface area contributed by atoms with Gasteiger partial charge in [-0.15, -0.1) is 0 Å². The Balaban J connectivity index is 1.92. The lowest BCUT2D eigenvalue weighted by Crippen LogP contribution is -2.34. The van der Waals surface area contributed by atoms with Gasteiger partial charge in [-0.25, -0.2) is 4.68 Å². The molecular weight excluding hydrogens is 314 g/mol. The Labute approximate surface area is 145 Å². The van der Waals surface area contributed by atoms with E-state index in [0.29, 0.717) is 17.8 Å². The van der Waals surface area contributed by atoms with E-state index < -0.39 is 6.04 Å². The number of nitrogens with one attached hydrogen (secondary N) is 1. The minimum absolute atomic E-state index is 0.256. The quantitative estimate of drug-likeness (QED) is 0.777. The maximum absolute atomic E-state index is 12.6. The molecule has 1 aromatic heterocycles. The summed E-state index contributed by atoms with van der Waals surface area (Å²) in [4.78, 5) is 24.9. The van der Waals surface area contributed by atoms with Gasteiger partial charge < -0.3 is 5.32 Å². The number of nitrogens with zero attached hydrogens (tertiary/aromatic N) is 2. The van der Waals surface area contributed by atoms with Crippen LogP contribution >= 0.6 is 0 Å². The van der Waals surface area contributed by atoms with Crippen LogP contribution in [-0.4, -0.2) is 15.7 Å². The first-order valence-corrected chi connectivity index (χ1v) is 8.20. The molecule has 1 heterocycles. The van der Waals surface area contributed by atoms with Crippen LogP contribution in [0, 0.1) is 0 Å². The molecule has 0 fully saturated rings. The van der Waals surface area contributed by atoms with Gasteiger partial charge in [0.1, 0.15) is 6.04 Å². The van der Waals surface area contributed by atoms with Crippen molar-refractivity contribution in [3.63, 3.8) is 0 Å². The molecule has 126 valence electrons. The molecule has 3 aromatic rings. The van der Waals surface area contributed by atoms with Gasteiger partial charge in [-0.05, 0) is 24.6 Å². The zero-order valence-electron chi connectivity index (χ0n) is 13.9. The van der Waals surface area contributed by atoms with Gasteiger partial charge in [0.15, 0.2) is 0 Å². The highest BCUT2D eigenvalue weighted by atomic mass is 16.2. The van der Waals surface area contributed by atoms with E-state index in [1.165, 1.54) is 10.7 Å². The molecule has 1 amide bonds. The molecule has 3 rings (SSSR count). The lowest BCUT2D eigenvalue weighted by atomic mass is 10.1. The van der Waals surface area contributed by atoms with E-state index in [1.54, 1.807) is 18.2 Å². The van der Waals surface area contributed by atoms with Crippen LogP contribution in [0.4, 0.5) is 5.69 Å². The number of hydrogen-bond acceptors (Lipinski definition) is 3. The number of amides is 1. The average molecular weight is 333 g/mol. The van der Waals surface area contributed by atoms with Crippen molar-refractivity contribution in [2.24, 2.45) is 0 Å². The Bertz CT molecular complexity index is 905. The summed E-state index contributed by atoms with van der Waals surface area (Å²) in [6.07, 6.45) is 0.462. The molecule has 0 spiro atoms. The van der Waals surface area contributed by atoms with E-state index >= 15 is 0 Å². The van der Waals surface area contributed by atoms with Crippen LogP contribution in [0.1, 0.15) is 19.4 Å². The molecule has 0 saturated heterocycles. The number of benzene rings is 2. The van der Waals surface area contributed by atoms with Crippen LogP contribution in [0.15, 0.2) is 77.6 Å². The topological polar surface area (TPSA) is 64.0 Å². The Hall–Kier alpha value is -3.21. The van der Waals surface area contributed by atoms with Gasteiger partial charge in [-0.2, -0.15) is 5.10 Å². The van der Waals surface area contributed by atoms with Crippen molar-refractivity contribution >= 4 is 11.6 Å². The lowest BCUT2D eigenvalue weighted by Gasteiger charge is -2.17. The highest BCUT2D eigenvalue weighted by molar-refractivity contribution is 5.93. The summed E-state index contributed by atoms with van der Waals surface area (Å²) in [6, 6.07) is 21.2. The zero-order valence-corrected chi connectivity index (χ0v) is 13.9. The van der Waals surface area contributed by atoms with Gasteiger partial charge in [0.25, 0.3) is 5.56 Å². The summed E-state index contributed by atoms with van der Waals surface area (Å²) in [5.74, 6) is -0.256. The van der Waals surface area contributed by atoms with Gasteiger partial charge in [0.2, 0.25) is 5.91 Å². The molecule has 0 bridgehead atoms. The van der Waals surface area contributed by atoms with Gasteiger partial charge in [-0.1, -0.05) is 55.5 Å². The maximum atomic E-state index is 12.6. The fourth-order valence-corrected chi connectivity index (χ4v) is 2.63. The predicted molar refractivity (Wildman–Crippen MR) is 98.3 cm³/mol. The van der Waals surface area contributed by atoms with Gasteiger partial charge in [0.05, 0.1) is 5.69 Å². The summed E-state index contributed by atoms with van der Waals surface area (Å²) >= 11 is 0. The van der Waals surface area contributed by atoms with Crippen LogP contribution in [0.25, 0.3) is 11.3 Å². The molecule has 25 heavy (non-hydrogen) atoms. The fraction of sp³-hybridized carbons (Fsp3) is 0.150. The largest absolute Gasteiger partial charge is 0.324 e.